The van der Waals surface area contributed by atoms with Gasteiger partial charge in [-0.25, -0.2) is 9.78 Å². The molecule has 0 spiro atoms. The number of cyclic esters (lactones) is 1. The van der Waals surface area contributed by atoms with Gasteiger partial charge in [0.25, 0.3) is 0 Å². The number of rotatable bonds is 2. The maximum Gasteiger partial charge on any atom is 0.413 e. The molecule has 0 aliphatic carbocycles. The molecule has 0 radical (unpaired) electrons. The summed E-state index contributed by atoms with van der Waals surface area (Å²) in [5, 5.41) is 26.4. The number of fused-ring (bicyclic) bond motifs is 1. The minimum absolute atomic E-state index is 0. The fraction of sp³-hybridized carbons (Fsp3) is 0.333. The van der Waals surface area contributed by atoms with Gasteiger partial charge < -0.3 is 20.3 Å². The number of aromatic hydroxyl groups is 2. The van der Waals surface area contributed by atoms with Crippen molar-refractivity contribution in [2.45, 2.75) is 25.4 Å². The molecule has 1 saturated heterocycles. The van der Waals surface area contributed by atoms with Crippen LogP contribution in [0.3, 0.4) is 0 Å². The third-order valence-corrected chi connectivity index (χ3v) is 4.74. The lowest BCUT2D eigenvalue weighted by molar-refractivity contribution is 0.150. The molecule has 4 rings (SSSR count). The van der Waals surface area contributed by atoms with Crippen molar-refractivity contribution in [2.75, 3.05) is 18.4 Å². The molecule has 2 aromatic rings. The van der Waals surface area contributed by atoms with Crippen molar-refractivity contribution in [3.63, 3.8) is 0 Å². The Morgan fingerprint density at radius 3 is 2.69 bits per heavy atom. The number of piperidine rings is 1. The zero-order chi connectivity index (χ0) is 17.4. The standard InChI is InChI=1S/C18H19N3O4.ClH/c22-14-4-1-5-15(23)16(14)13-7-11(10-3-2-6-19-8-10)12-9-25-18(24)21-17(12)20-13;/h1,4-5,7,10,19,22-23H,2-3,6,8-9H2,(H,20,21,24);1H. The van der Waals surface area contributed by atoms with Crippen molar-refractivity contribution in [1.29, 1.82) is 0 Å². The van der Waals surface area contributed by atoms with E-state index in [9.17, 15) is 15.0 Å². The van der Waals surface area contributed by atoms with E-state index in [1.807, 2.05) is 6.07 Å². The normalized spacial score (nSPS) is 18.9. The molecule has 1 atom stereocenters. The highest BCUT2D eigenvalue weighted by atomic mass is 35.5. The van der Waals surface area contributed by atoms with Crippen LogP contribution in [0.15, 0.2) is 24.3 Å². The second kappa shape index (κ2) is 7.39. The number of hydrogen-bond donors (Lipinski definition) is 4. The van der Waals surface area contributed by atoms with E-state index >= 15 is 0 Å². The van der Waals surface area contributed by atoms with E-state index in [-0.39, 0.29) is 42.0 Å². The number of hydrogen-bond acceptors (Lipinski definition) is 6. The van der Waals surface area contributed by atoms with Crippen molar-refractivity contribution < 1.29 is 19.7 Å². The highest BCUT2D eigenvalue weighted by molar-refractivity contribution is 5.88. The number of nitrogens with zero attached hydrogens (tertiary/aromatic N) is 1. The number of aromatic nitrogens is 1. The summed E-state index contributed by atoms with van der Waals surface area (Å²) in [5.41, 5.74) is 2.56. The van der Waals surface area contributed by atoms with Gasteiger partial charge in [-0.3, -0.25) is 5.32 Å². The van der Waals surface area contributed by atoms with E-state index in [0.717, 1.165) is 37.1 Å². The Bertz CT molecular complexity index is 817. The quantitative estimate of drug-likeness (QED) is 0.641. The van der Waals surface area contributed by atoms with Crippen LogP contribution in [0.5, 0.6) is 11.5 Å². The third-order valence-electron chi connectivity index (χ3n) is 4.74. The lowest BCUT2D eigenvalue weighted by Crippen LogP contribution is -2.30. The molecule has 1 fully saturated rings. The molecule has 3 heterocycles. The molecule has 7 nitrogen and oxygen atoms in total. The smallest absolute Gasteiger partial charge is 0.413 e. The summed E-state index contributed by atoms with van der Waals surface area (Å²) < 4.78 is 5.12. The predicted octanol–water partition coefficient (Wildman–Crippen LogP) is 3.11. The zero-order valence-corrected chi connectivity index (χ0v) is 14.8. The Labute approximate surface area is 156 Å². The first-order valence-corrected chi connectivity index (χ1v) is 8.33. The van der Waals surface area contributed by atoms with Gasteiger partial charge in [0.1, 0.15) is 23.9 Å². The highest BCUT2D eigenvalue weighted by Gasteiger charge is 2.27. The number of amides is 1. The molecule has 1 unspecified atom stereocenters. The average Bonchev–Trinajstić information content (AvgIpc) is 2.61. The number of phenols is 2. The zero-order valence-electron chi connectivity index (χ0n) is 14.0. The summed E-state index contributed by atoms with van der Waals surface area (Å²) in [6, 6.07) is 6.44. The number of phenolic OH excluding ortho intramolecular Hbond substituents is 2. The van der Waals surface area contributed by atoms with Gasteiger partial charge in [-0.2, -0.15) is 0 Å². The maximum absolute atomic E-state index is 11.6. The first-order valence-electron chi connectivity index (χ1n) is 8.33. The van der Waals surface area contributed by atoms with Gasteiger partial charge in [-0.15, -0.1) is 12.4 Å². The minimum Gasteiger partial charge on any atom is -0.507 e. The molecule has 138 valence electrons. The third kappa shape index (κ3) is 3.27. The van der Waals surface area contributed by atoms with Gasteiger partial charge >= 0.3 is 6.09 Å². The second-order valence-electron chi connectivity index (χ2n) is 6.34. The van der Waals surface area contributed by atoms with Crippen LogP contribution in [-0.4, -0.2) is 34.4 Å². The van der Waals surface area contributed by atoms with Crippen LogP contribution in [0.1, 0.15) is 29.9 Å². The lowest BCUT2D eigenvalue weighted by atomic mass is 9.87. The molecule has 26 heavy (non-hydrogen) atoms. The SMILES string of the molecule is Cl.O=C1Nc2nc(-c3c(O)cccc3O)cc(C3CCCNC3)c2CO1. The van der Waals surface area contributed by atoms with Crippen LogP contribution in [0.25, 0.3) is 11.3 Å². The minimum atomic E-state index is -0.550. The van der Waals surface area contributed by atoms with Crippen LogP contribution >= 0.6 is 12.4 Å². The van der Waals surface area contributed by atoms with E-state index in [1.54, 1.807) is 6.07 Å². The van der Waals surface area contributed by atoms with Gasteiger partial charge in [0, 0.05) is 12.1 Å². The molecule has 2 aliphatic rings. The fourth-order valence-electron chi connectivity index (χ4n) is 3.52. The first kappa shape index (κ1) is 18.3. The molecule has 8 heteroatoms. The molecular formula is C18H20ClN3O4. The van der Waals surface area contributed by atoms with E-state index in [2.05, 4.69) is 15.6 Å². The summed E-state index contributed by atoms with van der Waals surface area (Å²) in [7, 11) is 0. The van der Waals surface area contributed by atoms with E-state index in [1.165, 1.54) is 12.1 Å². The van der Waals surface area contributed by atoms with Crippen molar-refractivity contribution in [1.82, 2.24) is 10.3 Å². The van der Waals surface area contributed by atoms with Crippen LogP contribution in [0.4, 0.5) is 10.6 Å². The number of anilines is 1. The molecule has 1 amide bonds. The Balaban J connectivity index is 0.00000196. The van der Waals surface area contributed by atoms with Gasteiger partial charge in [0.05, 0.1) is 11.3 Å². The van der Waals surface area contributed by atoms with Gasteiger partial charge in [0.2, 0.25) is 0 Å². The summed E-state index contributed by atoms with van der Waals surface area (Å²) in [6.45, 7) is 1.99. The molecule has 1 aromatic heterocycles. The Morgan fingerprint density at radius 1 is 1.23 bits per heavy atom. The summed E-state index contributed by atoms with van der Waals surface area (Å²) in [6.07, 6.45) is 1.53. The van der Waals surface area contributed by atoms with Crippen molar-refractivity contribution in [3.8, 4) is 22.8 Å². The number of halogens is 1. The summed E-state index contributed by atoms with van der Waals surface area (Å²) in [4.78, 5) is 16.1. The number of nitrogens with one attached hydrogen (secondary N) is 2. The number of carbonyl (C=O) groups excluding carboxylic acids is 1. The van der Waals surface area contributed by atoms with Gasteiger partial charge in [-0.1, -0.05) is 6.07 Å². The van der Waals surface area contributed by atoms with E-state index in [4.69, 9.17) is 4.74 Å². The Morgan fingerprint density at radius 2 is 2.00 bits per heavy atom. The van der Waals surface area contributed by atoms with Crippen LogP contribution in [0, 0.1) is 0 Å². The van der Waals surface area contributed by atoms with Crippen molar-refractivity contribution in [2.24, 2.45) is 0 Å². The number of pyridine rings is 1. The molecule has 4 N–H and O–H groups in total. The second-order valence-corrected chi connectivity index (χ2v) is 6.34. The van der Waals surface area contributed by atoms with Crippen molar-refractivity contribution >= 4 is 24.3 Å². The molecular weight excluding hydrogens is 358 g/mol. The number of carbonyl (C=O) groups is 1. The maximum atomic E-state index is 11.6. The largest absolute Gasteiger partial charge is 0.507 e. The molecule has 0 saturated carbocycles. The molecule has 2 aliphatic heterocycles. The average molecular weight is 378 g/mol. The first-order chi connectivity index (χ1) is 12.1. The number of ether oxygens (including phenoxy) is 1. The molecule has 1 aromatic carbocycles. The number of benzene rings is 1. The fourth-order valence-corrected chi connectivity index (χ4v) is 3.52. The Hall–Kier alpha value is -2.51. The van der Waals surface area contributed by atoms with Gasteiger partial charge in [-0.05, 0) is 49.1 Å². The van der Waals surface area contributed by atoms with Crippen LogP contribution in [0.2, 0.25) is 0 Å². The highest BCUT2D eigenvalue weighted by Crippen LogP contribution is 2.40. The molecule has 0 bridgehead atoms. The van der Waals surface area contributed by atoms with E-state index < -0.39 is 6.09 Å². The van der Waals surface area contributed by atoms with Crippen molar-refractivity contribution in [3.05, 3.63) is 35.4 Å². The summed E-state index contributed by atoms with van der Waals surface area (Å²) in [5.74, 6) is 0.574. The van der Waals surface area contributed by atoms with Crippen LogP contribution < -0.4 is 10.6 Å². The Kier molecular flexibility index (Phi) is 5.20. The topological polar surface area (TPSA) is 104 Å². The lowest BCUT2D eigenvalue weighted by Gasteiger charge is -2.28. The predicted molar refractivity (Wildman–Crippen MR) is 98.9 cm³/mol. The van der Waals surface area contributed by atoms with E-state index in [0.29, 0.717) is 11.5 Å². The monoisotopic (exact) mass is 377 g/mol. The summed E-state index contributed by atoms with van der Waals surface area (Å²) >= 11 is 0. The van der Waals surface area contributed by atoms with Crippen LogP contribution in [-0.2, 0) is 11.3 Å². The van der Waals surface area contributed by atoms with Gasteiger partial charge in [0.15, 0.2) is 0 Å².